The molecule has 2 bridgehead atoms. The average molecular weight is 925 g/mol. The van der Waals surface area contributed by atoms with E-state index in [1.807, 2.05) is 32.0 Å². The number of aromatic nitrogens is 3. The first-order valence-electron chi connectivity index (χ1n) is 23.0. The number of rotatable bonds is 12. The minimum absolute atomic E-state index is 0.0181. The Kier molecular flexibility index (Phi) is 11.8. The van der Waals surface area contributed by atoms with Crippen molar-refractivity contribution < 1.29 is 33.0 Å². The van der Waals surface area contributed by atoms with Gasteiger partial charge < -0.3 is 39.4 Å². The number of fused-ring (bicyclic) bond motifs is 4. The number of pyridine rings is 1. The first kappa shape index (κ1) is 44.0. The summed E-state index contributed by atoms with van der Waals surface area (Å²) in [5, 5.41) is 9.25. The van der Waals surface area contributed by atoms with Gasteiger partial charge in [-0.1, -0.05) is 11.6 Å². The van der Waals surface area contributed by atoms with Crippen LogP contribution in [0.4, 0.5) is 27.5 Å². The molecular formula is C47H54ClFN10O7. The molecule has 2 aromatic heterocycles. The van der Waals surface area contributed by atoms with E-state index < -0.39 is 17.8 Å². The van der Waals surface area contributed by atoms with E-state index in [0.29, 0.717) is 64.9 Å². The lowest BCUT2D eigenvalue weighted by atomic mass is 9.85. The number of amides is 4. The third-order valence-corrected chi connectivity index (χ3v) is 14.5. The second kappa shape index (κ2) is 17.8. The van der Waals surface area contributed by atoms with Gasteiger partial charge in [-0.3, -0.25) is 34.2 Å². The molecule has 5 fully saturated rings. The quantitative estimate of drug-likeness (QED) is 0.167. The summed E-state index contributed by atoms with van der Waals surface area (Å²) in [7, 11) is 1.51. The number of hydrogen-bond acceptors (Lipinski definition) is 13. The van der Waals surface area contributed by atoms with Gasteiger partial charge in [0.15, 0.2) is 24.0 Å². The van der Waals surface area contributed by atoms with Crippen LogP contribution in [0.3, 0.4) is 0 Å². The molecule has 4 amide bonds. The van der Waals surface area contributed by atoms with E-state index in [1.54, 1.807) is 29.0 Å². The first-order valence-corrected chi connectivity index (χ1v) is 23.4. The number of nitrogens with zero attached hydrogens (tertiary/aromatic N) is 7. The Morgan fingerprint density at radius 2 is 1.71 bits per heavy atom. The SMILES string of the molecule is CNC(=O)COc1cc2cc(Nc3nc(N4CCC(O[C@H]5C[C@H](N6C7CCC6CN(c6ccc8c(c6F)CN(C6CCC(=O)NC6=O)C8=O)C7)C5)CC4)ncc3Cl)ccc2n(C(C)C)c1=O. The fourth-order valence-electron chi connectivity index (χ4n) is 10.9. The number of nitrogens with one attached hydrogen (secondary N) is 3. The number of piperidine rings is 2. The molecule has 7 heterocycles. The number of ether oxygens (including phenoxy) is 2. The number of piperazine rings is 1. The maximum absolute atomic E-state index is 16.2. The van der Waals surface area contributed by atoms with Crippen molar-refractivity contribution in [2.75, 3.05) is 55.0 Å². The molecule has 3 unspecified atom stereocenters. The Labute approximate surface area is 385 Å². The number of carbonyl (C=O) groups is 4. The summed E-state index contributed by atoms with van der Waals surface area (Å²) in [6.45, 7) is 6.47. The Balaban J connectivity index is 0.718. The highest BCUT2D eigenvalue weighted by atomic mass is 35.5. The summed E-state index contributed by atoms with van der Waals surface area (Å²) in [4.78, 5) is 80.3. The van der Waals surface area contributed by atoms with Crippen molar-refractivity contribution in [1.82, 2.24) is 35.0 Å². The second-order valence-electron chi connectivity index (χ2n) is 18.6. The van der Waals surface area contributed by atoms with Crippen LogP contribution in [0.1, 0.15) is 87.2 Å². The molecular weight excluding hydrogens is 871 g/mol. The minimum Gasteiger partial charge on any atom is -0.478 e. The molecule has 5 aliphatic heterocycles. The van der Waals surface area contributed by atoms with Gasteiger partial charge in [0, 0.05) is 86.0 Å². The lowest BCUT2D eigenvalue weighted by molar-refractivity contribution is -0.137. The Bertz CT molecular complexity index is 2650. The molecule has 17 nitrogen and oxygen atoms in total. The van der Waals surface area contributed by atoms with E-state index in [2.05, 4.69) is 35.6 Å². The molecule has 10 rings (SSSR count). The van der Waals surface area contributed by atoms with Crippen molar-refractivity contribution >= 4 is 69.3 Å². The van der Waals surface area contributed by atoms with E-state index in [-0.39, 0.29) is 78.8 Å². The van der Waals surface area contributed by atoms with Crippen molar-refractivity contribution in [3.8, 4) is 5.75 Å². The highest BCUT2D eigenvalue weighted by Crippen LogP contribution is 2.43. The molecule has 1 saturated carbocycles. The monoisotopic (exact) mass is 924 g/mol. The van der Waals surface area contributed by atoms with Gasteiger partial charge in [-0.2, -0.15) is 4.98 Å². The van der Waals surface area contributed by atoms with Crippen LogP contribution in [0.15, 0.2) is 47.4 Å². The van der Waals surface area contributed by atoms with E-state index in [0.717, 1.165) is 62.5 Å². The molecule has 348 valence electrons. The molecule has 4 aromatic rings. The molecule has 3 N–H and O–H groups in total. The van der Waals surface area contributed by atoms with Crippen LogP contribution in [-0.2, 0) is 25.7 Å². The predicted octanol–water partition coefficient (Wildman–Crippen LogP) is 4.66. The van der Waals surface area contributed by atoms with Crippen molar-refractivity contribution in [2.24, 2.45) is 0 Å². The fourth-order valence-corrected chi connectivity index (χ4v) is 11.0. The van der Waals surface area contributed by atoms with Crippen LogP contribution in [0, 0.1) is 5.82 Å². The van der Waals surface area contributed by atoms with Gasteiger partial charge in [-0.25, -0.2) is 9.37 Å². The smallest absolute Gasteiger partial charge is 0.293 e. The van der Waals surface area contributed by atoms with Crippen LogP contribution in [0.25, 0.3) is 10.9 Å². The zero-order valence-electron chi connectivity index (χ0n) is 37.2. The molecule has 6 aliphatic rings. The lowest BCUT2D eigenvalue weighted by Gasteiger charge is -2.51. The van der Waals surface area contributed by atoms with Crippen LogP contribution in [-0.4, -0.2) is 124 Å². The maximum atomic E-state index is 16.2. The van der Waals surface area contributed by atoms with E-state index in [9.17, 15) is 24.0 Å². The van der Waals surface area contributed by atoms with Crippen molar-refractivity contribution in [2.45, 2.75) is 114 Å². The Morgan fingerprint density at radius 3 is 2.42 bits per heavy atom. The fraction of sp³-hybridized carbons (Fsp3) is 0.511. The zero-order valence-corrected chi connectivity index (χ0v) is 38.0. The van der Waals surface area contributed by atoms with E-state index >= 15 is 4.39 Å². The number of benzene rings is 2. The van der Waals surface area contributed by atoms with Crippen LogP contribution < -0.4 is 36.0 Å². The summed E-state index contributed by atoms with van der Waals surface area (Å²) >= 11 is 6.61. The summed E-state index contributed by atoms with van der Waals surface area (Å²) in [5.74, 6) is -0.850. The first-order chi connectivity index (χ1) is 31.8. The van der Waals surface area contributed by atoms with Gasteiger partial charge in [-0.15, -0.1) is 0 Å². The zero-order chi connectivity index (χ0) is 46.0. The van der Waals surface area contributed by atoms with Crippen LogP contribution >= 0.6 is 11.6 Å². The molecule has 3 atom stereocenters. The molecule has 1 aliphatic carbocycles. The van der Waals surface area contributed by atoms with Gasteiger partial charge in [0.2, 0.25) is 17.8 Å². The maximum Gasteiger partial charge on any atom is 0.293 e. The van der Waals surface area contributed by atoms with Crippen molar-refractivity contribution in [3.63, 3.8) is 0 Å². The normalized spacial score (nSPS) is 24.5. The number of imide groups is 1. The van der Waals surface area contributed by atoms with Gasteiger partial charge in [0.25, 0.3) is 17.4 Å². The number of hydrogen-bond donors (Lipinski definition) is 3. The van der Waals surface area contributed by atoms with Gasteiger partial charge in [-0.05, 0) is 95.2 Å². The van der Waals surface area contributed by atoms with Gasteiger partial charge in [0.05, 0.1) is 36.2 Å². The van der Waals surface area contributed by atoms with Crippen LogP contribution in [0.2, 0.25) is 5.02 Å². The summed E-state index contributed by atoms with van der Waals surface area (Å²) in [6.07, 6.45) is 8.07. The molecule has 0 spiro atoms. The lowest BCUT2D eigenvalue weighted by Crippen LogP contribution is -2.61. The van der Waals surface area contributed by atoms with Gasteiger partial charge in [0.1, 0.15) is 11.1 Å². The Hall–Kier alpha value is -5.85. The summed E-state index contributed by atoms with van der Waals surface area (Å²) in [5.41, 5.74) is 2.24. The van der Waals surface area contributed by atoms with Crippen molar-refractivity contribution in [3.05, 3.63) is 74.9 Å². The predicted molar refractivity (Wildman–Crippen MR) is 245 cm³/mol. The largest absolute Gasteiger partial charge is 0.478 e. The standard InChI is InChI=1S/C47H54ClFN10O7/c1-25(2)58-36-8-4-27(16-26(36)17-39(46(58)64)65-24-41(61)50-3)52-43-35(48)20-51-47(54-43)55-14-12-31(13-15-55)66-32-18-30(19-32)59-28-5-6-29(59)22-56(21-28)37-9-7-33-34(42(37)49)23-57(45(33)63)38-10-11-40(60)53-44(38)62/h4,7-9,16-17,20,25,28-32,38H,5-6,10-15,18-19,21-24H2,1-3H3,(H,50,61)(H,51,52,54)(H,53,60,62)/t28?,29?,30-,32-,38?. The third kappa shape index (κ3) is 8.20. The molecule has 0 radical (unpaired) electrons. The Morgan fingerprint density at radius 1 is 0.955 bits per heavy atom. The molecule has 2 aromatic carbocycles. The molecule has 19 heteroatoms. The topological polar surface area (TPSA) is 184 Å². The summed E-state index contributed by atoms with van der Waals surface area (Å²) in [6, 6.07) is 10.8. The van der Waals surface area contributed by atoms with E-state index in [1.165, 1.54) is 11.9 Å². The van der Waals surface area contributed by atoms with Crippen LogP contribution in [0.5, 0.6) is 5.75 Å². The summed E-state index contributed by atoms with van der Waals surface area (Å²) < 4.78 is 30.2. The van der Waals surface area contributed by atoms with E-state index in [4.69, 9.17) is 26.1 Å². The van der Waals surface area contributed by atoms with Gasteiger partial charge >= 0.3 is 0 Å². The number of carbonyl (C=O) groups excluding carboxylic acids is 4. The average Bonchev–Trinajstić information content (AvgIpc) is 3.75. The minimum atomic E-state index is -0.782. The second-order valence-corrected chi connectivity index (χ2v) is 19.0. The number of halogens is 2. The highest BCUT2D eigenvalue weighted by molar-refractivity contribution is 6.33. The third-order valence-electron chi connectivity index (χ3n) is 14.3. The molecule has 66 heavy (non-hydrogen) atoms. The number of anilines is 4. The molecule has 4 saturated heterocycles. The highest BCUT2D eigenvalue weighted by Gasteiger charge is 2.49. The number of likely N-dealkylation sites (N-methyl/N-ethyl adjacent to an activating group) is 1. The van der Waals surface area contributed by atoms with Crippen molar-refractivity contribution in [1.29, 1.82) is 0 Å².